The molecule has 0 spiro atoms. The summed E-state index contributed by atoms with van der Waals surface area (Å²) in [5.74, 6) is -0.296. The fourth-order valence-corrected chi connectivity index (χ4v) is 2.80. The first-order valence-corrected chi connectivity index (χ1v) is 8.87. The van der Waals surface area contributed by atoms with E-state index in [1.807, 2.05) is 6.07 Å². The number of hydrogen-bond donors (Lipinski definition) is 2. The zero-order valence-electron chi connectivity index (χ0n) is 15.3. The number of nitrogens with zero attached hydrogens (tertiary/aromatic N) is 2. The third-order valence-corrected chi connectivity index (χ3v) is 4.22. The minimum absolute atomic E-state index is 0.157. The Kier molecular flexibility index (Phi) is 5.76. The molecule has 0 fully saturated rings. The summed E-state index contributed by atoms with van der Waals surface area (Å²) in [5.41, 5.74) is 3.96. The Hall–Kier alpha value is -3.28. The highest BCUT2D eigenvalue weighted by molar-refractivity contribution is 6.02. The minimum atomic E-state index is -0.442. The summed E-state index contributed by atoms with van der Waals surface area (Å²) in [5, 5.41) is 5.91. The van der Waals surface area contributed by atoms with Crippen LogP contribution in [-0.2, 0) is 12.8 Å². The SMILES string of the molecule is CCc1cccc(CC)c1Nc1cnc(C(=O)Nc2cccc(F)c2)cn1. The summed E-state index contributed by atoms with van der Waals surface area (Å²) in [7, 11) is 0. The van der Waals surface area contributed by atoms with Gasteiger partial charge >= 0.3 is 0 Å². The van der Waals surface area contributed by atoms with E-state index in [1.165, 1.54) is 41.7 Å². The Morgan fingerprint density at radius 2 is 1.70 bits per heavy atom. The highest BCUT2D eigenvalue weighted by Crippen LogP contribution is 2.25. The molecule has 3 rings (SSSR count). The molecule has 138 valence electrons. The number of hydrogen-bond acceptors (Lipinski definition) is 4. The predicted octanol–water partition coefficient (Wildman–Crippen LogP) is 4.74. The van der Waals surface area contributed by atoms with E-state index in [1.54, 1.807) is 6.07 Å². The summed E-state index contributed by atoms with van der Waals surface area (Å²) in [6, 6.07) is 11.9. The van der Waals surface area contributed by atoms with Crippen molar-refractivity contribution in [2.75, 3.05) is 10.6 Å². The topological polar surface area (TPSA) is 66.9 Å². The molecular formula is C21H21FN4O. The van der Waals surface area contributed by atoms with Crippen LogP contribution in [0.5, 0.6) is 0 Å². The van der Waals surface area contributed by atoms with Crippen molar-refractivity contribution >= 4 is 23.1 Å². The number of nitrogens with one attached hydrogen (secondary N) is 2. The quantitative estimate of drug-likeness (QED) is 0.663. The molecular weight excluding hydrogens is 343 g/mol. The molecule has 2 aromatic carbocycles. The van der Waals surface area contributed by atoms with Crippen LogP contribution in [0.2, 0.25) is 0 Å². The van der Waals surface area contributed by atoms with Crippen LogP contribution in [0.3, 0.4) is 0 Å². The number of para-hydroxylation sites is 1. The molecule has 6 heteroatoms. The zero-order chi connectivity index (χ0) is 19.2. The smallest absolute Gasteiger partial charge is 0.275 e. The number of anilines is 3. The normalized spacial score (nSPS) is 10.5. The van der Waals surface area contributed by atoms with E-state index in [0.29, 0.717) is 11.5 Å². The van der Waals surface area contributed by atoms with Crippen molar-refractivity contribution in [3.63, 3.8) is 0 Å². The molecule has 27 heavy (non-hydrogen) atoms. The maximum atomic E-state index is 13.2. The second-order valence-corrected chi connectivity index (χ2v) is 6.03. The van der Waals surface area contributed by atoms with Gasteiger partial charge in [-0.3, -0.25) is 4.79 Å². The number of aryl methyl sites for hydroxylation is 2. The Labute approximate surface area is 157 Å². The molecule has 1 aromatic heterocycles. The van der Waals surface area contributed by atoms with Gasteiger partial charge in [-0.05, 0) is 42.2 Å². The molecule has 0 aliphatic heterocycles. The van der Waals surface area contributed by atoms with Gasteiger partial charge in [-0.15, -0.1) is 0 Å². The van der Waals surface area contributed by atoms with Gasteiger partial charge in [0.15, 0.2) is 0 Å². The first kappa shape index (κ1) is 18.5. The van der Waals surface area contributed by atoms with Crippen LogP contribution in [0.25, 0.3) is 0 Å². The fraction of sp³-hybridized carbons (Fsp3) is 0.190. The molecule has 0 saturated carbocycles. The monoisotopic (exact) mass is 364 g/mol. The van der Waals surface area contributed by atoms with Crippen LogP contribution in [-0.4, -0.2) is 15.9 Å². The number of amides is 1. The van der Waals surface area contributed by atoms with Crippen LogP contribution in [0, 0.1) is 5.82 Å². The molecule has 0 saturated heterocycles. The average molecular weight is 364 g/mol. The van der Waals surface area contributed by atoms with Crippen molar-refractivity contribution in [2.45, 2.75) is 26.7 Å². The summed E-state index contributed by atoms with van der Waals surface area (Å²) >= 11 is 0. The molecule has 3 aromatic rings. The van der Waals surface area contributed by atoms with Gasteiger partial charge in [-0.25, -0.2) is 14.4 Å². The van der Waals surface area contributed by atoms with Crippen molar-refractivity contribution < 1.29 is 9.18 Å². The van der Waals surface area contributed by atoms with Gasteiger partial charge in [0.2, 0.25) is 0 Å². The van der Waals surface area contributed by atoms with Gasteiger partial charge in [0.1, 0.15) is 17.3 Å². The van der Waals surface area contributed by atoms with Crippen LogP contribution in [0.15, 0.2) is 54.9 Å². The second kappa shape index (κ2) is 8.40. The van der Waals surface area contributed by atoms with Crippen LogP contribution >= 0.6 is 0 Å². The molecule has 0 radical (unpaired) electrons. The van der Waals surface area contributed by atoms with E-state index in [4.69, 9.17) is 0 Å². The Morgan fingerprint density at radius 1 is 1.00 bits per heavy atom. The van der Waals surface area contributed by atoms with E-state index in [9.17, 15) is 9.18 Å². The lowest BCUT2D eigenvalue weighted by atomic mass is 10.0. The van der Waals surface area contributed by atoms with Crippen molar-refractivity contribution in [1.29, 1.82) is 0 Å². The van der Waals surface area contributed by atoms with Gasteiger partial charge in [0.05, 0.1) is 12.4 Å². The summed E-state index contributed by atoms with van der Waals surface area (Å²) in [4.78, 5) is 20.7. The molecule has 2 N–H and O–H groups in total. The summed E-state index contributed by atoms with van der Waals surface area (Å²) in [6.45, 7) is 4.21. The lowest BCUT2D eigenvalue weighted by Crippen LogP contribution is -2.14. The molecule has 0 aliphatic carbocycles. The summed E-state index contributed by atoms with van der Waals surface area (Å²) in [6.07, 6.45) is 4.72. The van der Waals surface area contributed by atoms with Gasteiger partial charge in [0.25, 0.3) is 5.91 Å². The summed E-state index contributed by atoms with van der Waals surface area (Å²) < 4.78 is 13.2. The van der Waals surface area contributed by atoms with Crippen LogP contribution in [0.1, 0.15) is 35.5 Å². The second-order valence-electron chi connectivity index (χ2n) is 6.03. The first-order chi connectivity index (χ1) is 13.1. The Bertz CT molecular complexity index is 919. The van der Waals surface area contributed by atoms with Gasteiger partial charge in [0, 0.05) is 11.4 Å². The molecule has 0 bridgehead atoms. The Balaban J connectivity index is 1.75. The van der Waals surface area contributed by atoms with Crippen molar-refractivity contribution in [3.05, 3.63) is 77.5 Å². The number of carbonyl (C=O) groups excluding carboxylic acids is 1. The third-order valence-electron chi connectivity index (χ3n) is 4.22. The average Bonchev–Trinajstić information content (AvgIpc) is 2.68. The minimum Gasteiger partial charge on any atom is -0.338 e. The lowest BCUT2D eigenvalue weighted by molar-refractivity contribution is 0.102. The fourth-order valence-electron chi connectivity index (χ4n) is 2.80. The number of carbonyl (C=O) groups is 1. The number of benzene rings is 2. The van der Waals surface area contributed by atoms with E-state index in [-0.39, 0.29) is 5.69 Å². The van der Waals surface area contributed by atoms with Crippen molar-refractivity contribution in [2.24, 2.45) is 0 Å². The maximum absolute atomic E-state index is 13.2. The number of halogens is 1. The first-order valence-electron chi connectivity index (χ1n) is 8.87. The van der Waals surface area contributed by atoms with E-state index < -0.39 is 11.7 Å². The largest absolute Gasteiger partial charge is 0.338 e. The van der Waals surface area contributed by atoms with E-state index in [2.05, 4.69) is 46.6 Å². The standard InChI is InChI=1S/C21H21FN4O/c1-3-14-7-5-8-15(4-2)20(14)26-19-13-23-18(12-24-19)21(27)25-17-10-6-9-16(22)11-17/h5-13H,3-4H2,1-2H3,(H,24,26)(H,25,27). The molecule has 1 heterocycles. The third kappa shape index (κ3) is 4.47. The lowest BCUT2D eigenvalue weighted by Gasteiger charge is -2.14. The van der Waals surface area contributed by atoms with Crippen LogP contribution < -0.4 is 10.6 Å². The predicted molar refractivity (Wildman–Crippen MR) is 105 cm³/mol. The molecule has 0 atom stereocenters. The number of aromatic nitrogens is 2. The highest BCUT2D eigenvalue weighted by Gasteiger charge is 2.11. The van der Waals surface area contributed by atoms with Crippen molar-refractivity contribution in [3.8, 4) is 0 Å². The maximum Gasteiger partial charge on any atom is 0.275 e. The van der Waals surface area contributed by atoms with Gasteiger partial charge < -0.3 is 10.6 Å². The van der Waals surface area contributed by atoms with Gasteiger partial charge in [-0.1, -0.05) is 38.1 Å². The Morgan fingerprint density at radius 3 is 2.30 bits per heavy atom. The van der Waals surface area contributed by atoms with E-state index >= 15 is 0 Å². The number of rotatable bonds is 6. The van der Waals surface area contributed by atoms with Crippen molar-refractivity contribution in [1.82, 2.24) is 9.97 Å². The molecule has 0 unspecified atom stereocenters. The van der Waals surface area contributed by atoms with E-state index in [0.717, 1.165) is 18.5 Å². The zero-order valence-corrected chi connectivity index (χ0v) is 15.3. The highest BCUT2D eigenvalue weighted by atomic mass is 19.1. The van der Waals surface area contributed by atoms with Gasteiger partial charge in [-0.2, -0.15) is 0 Å². The molecule has 0 aliphatic rings. The molecule has 1 amide bonds. The molecule has 5 nitrogen and oxygen atoms in total. The van der Waals surface area contributed by atoms with Crippen LogP contribution in [0.4, 0.5) is 21.6 Å².